The van der Waals surface area contributed by atoms with Crippen LogP contribution in [0.1, 0.15) is 17.5 Å². The topological polar surface area (TPSA) is 100 Å². The van der Waals surface area contributed by atoms with Crippen molar-refractivity contribution < 1.29 is 52.7 Å². The van der Waals surface area contributed by atoms with Crippen LogP contribution < -0.4 is 0 Å². The van der Waals surface area contributed by atoms with Crippen molar-refractivity contribution in [1.82, 2.24) is 0 Å². The van der Waals surface area contributed by atoms with Crippen LogP contribution in [-0.2, 0) is 49.5 Å². The molecular formula is C22H22CuF3N2O5S. The van der Waals surface area contributed by atoms with Crippen LogP contribution in [0.15, 0.2) is 70.6 Å². The van der Waals surface area contributed by atoms with Gasteiger partial charge in [-0.1, -0.05) is 60.7 Å². The molecule has 0 aliphatic carbocycles. The number of nitrogens with zero attached hydrogens (tertiary/aromatic N) is 2. The second-order valence-corrected chi connectivity index (χ2v) is 8.80. The second-order valence-electron chi connectivity index (χ2n) is 7.43. The van der Waals surface area contributed by atoms with Crippen LogP contribution in [0.4, 0.5) is 13.2 Å². The number of rotatable bonds is 6. The first kappa shape index (κ1) is 27.8. The molecule has 12 heteroatoms. The normalized spacial score (nSPS) is 19.5. The molecule has 0 radical (unpaired) electrons. The Morgan fingerprint density at radius 3 is 1.50 bits per heavy atom. The minimum atomic E-state index is -6.09. The fourth-order valence-electron chi connectivity index (χ4n) is 3.25. The quantitative estimate of drug-likeness (QED) is 0.313. The summed E-state index contributed by atoms with van der Waals surface area (Å²) >= 11 is 0. The Hall–Kier alpha value is -2.40. The Bertz CT molecular complexity index is 1020. The van der Waals surface area contributed by atoms with Crippen molar-refractivity contribution in [2.75, 3.05) is 13.2 Å². The molecule has 0 saturated heterocycles. The molecule has 0 bridgehead atoms. The predicted molar refractivity (Wildman–Crippen MR) is 115 cm³/mol. The molecule has 4 rings (SSSR count). The van der Waals surface area contributed by atoms with Gasteiger partial charge in [0.1, 0.15) is 13.2 Å². The van der Waals surface area contributed by atoms with Crippen LogP contribution in [0.2, 0.25) is 0 Å². The van der Waals surface area contributed by atoms with E-state index in [4.69, 9.17) is 22.4 Å². The number of alkyl halides is 3. The SMILES string of the molecule is O=S(=O)([O-])C(F)(F)F.[Cu+].c1ccc(C[C@H]2COC(CC3=N[C@@H](Cc4ccccc4)CO3)=N2)cc1. The van der Waals surface area contributed by atoms with Crippen molar-refractivity contribution in [3.63, 3.8) is 0 Å². The summed E-state index contributed by atoms with van der Waals surface area (Å²) in [4.78, 5) is 9.38. The van der Waals surface area contributed by atoms with E-state index in [-0.39, 0.29) is 29.2 Å². The number of halogens is 3. The number of ether oxygens (including phenoxy) is 2. The summed E-state index contributed by atoms with van der Waals surface area (Å²) in [7, 11) is -6.09. The maximum absolute atomic E-state index is 10.7. The number of hydrogen-bond acceptors (Lipinski definition) is 7. The van der Waals surface area contributed by atoms with Crippen LogP contribution >= 0.6 is 0 Å². The zero-order valence-corrected chi connectivity index (χ0v) is 19.5. The molecule has 0 amide bonds. The molecule has 7 nitrogen and oxygen atoms in total. The third-order valence-corrected chi connectivity index (χ3v) is 5.32. The van der Waals surface area contributed by atoms with E-state index in [9.17, 15) is 13.2 Å². The van der Waals surface area contributed by atoms with E-state index in [0.29, 0.717) is 19.6 Å². The summed E-state index contributed by atoms with van der Waals surface area (Å²) in [6, 6.07) is 21.2. The van der Waals surface area contributed by atoms with Gasteiger partial charge in [-0.25, -0.2) is 18.4 Å². The first-order valence-electron chi connectivity index (χ1n) is 10.1. The van der Waals surface area contributed by atoms with Crippen LogP contribution in [-0.4, -0.2) is 55.6 Å². The molecule has 2 aromatic carbocycles. The predicted octanol–water partition coefficient (Wildman–Crippen LogP) is 3.51. The van der Waals surface area contributed by atoms with Crippen molar-refractivity contribution >= 4 is 21.9 Å². The van der Waals surface area contributed by atoms with E-state index >= 15 is 0 Å². The molecule has 0 unspecified atom stereocenters. The zero-order chi connectivity index (χ0) is 23.9. The molecule has 188 valence electrons. The first-order chi connectivity index (χ1) is 15.6. The van der Waals surface area contributed by atoms with Gasteiger partial charge >= 0.3 is 22.6 Å². The Morgan fingerprint density at radius 1 is 0.824 bits per heavy atom. The van der Waals surface area contributed by atoms with Gasteiger partial charge in [-0.2, -0.15) is 13.2 Å². The molecule has 0 spiro atoms. The summed E-state index contributed by atoms with van der Waals surface area (Å²) in [6.45, 7) is 1.29. The minimum absolute atomic E-state index is 0. The number of benzene rings is 2. The molecule has 0 aromatic heterocycles. The van der Waals surface area contributed by atoms with Gasteiger partial charge in [0.15, 0.2) is 21.9 Å². The van der Waals surface area contributed by atoms with Gasteiger partial charge in [-0.15, -0.1) is 0 Å². The Balaban J connectivity index is 0.000000394. The van der Waals surface area contributed by atoms with Gasteiger partial charge in [0.2, 0.25) is 0 Å². The van der Waals surface area contributed by atoms with Crippen LogP contribution in [0.5, 0.6) is 0 Å². The summed E-state index contributed by atoms with van der Waals surface area (Å²) in [5, 5.41) is 0. The average molecular weight is 547 g/mol. The monoisotopic (exact) mass is 546 g/mol. The minimum Gasteiger partial charge on any atom is -0.741 e. The van der Waals surface area contributed by atoms with E-state index < -0.39 is 15.6 Å². The molecule has 2 aliphatic rings. The molecule has 2 aliphatic heterocycles. The van der Waals surface area contributed by atoms with E-state index in [1.807, 2.05) is 12.1 Å². The number of aliphatic imine (C=N–C) groups is 2. The summed E-state index contributed by atoms with van der Waals surface area (Å²) < 4.78 is 70.4. The fourth-order valence-corrected chi connectivity index (χ4v) is 3.25. The molecule has 2 aromatic rings. The summed E-state index contributed by atoms with van der Waals surface area (Å²) in [5.74, 6) is 1.50. The summed E-state index contributed by atoms with van der Waals surface area (Å²) in [6.07, 6.45) is 2.39. The van der Waals surface area contributed by atoms with E-state index in [0.717, 1.165) is 24.6 Å². The smallest absolute Gasteiger partial charge is 0.741 e. The molecule has 2 heterocycles. The standard InChI is InChI=1S/C21H22N2O2.CHF3O3S.Cu/c1-3-7-16(8-4-1)11-18-14-24-20(22-18)13-21-23-19(15-25-21)12-17-9-5-2-6-10-17;2-1(3,4)8(5,6)7;/h1-10,18-19H,11-15H2;(H,5,6,7);/q;;+1/p-1/t18-,19-;;/m0../s1. The van der Waals surface area contributed by atoms with E-state index in [2.05, 4.69) is 58.5 Å². The largest absolute Gasteiger partial charge is 1.00 e. The van der Waals surface area contributed by atoms with Crippen LogP contribution in [0, 0.1) is 0 Å². The van der Waals surface area contributed by atoms with Gasteiger partial charge in [0.05, 0.1) is 18.5 Å². The average Bonchev–Trinajstić information content (AvgIpc) is 3.38. The fraction of sp³-hybridized carbons (Fsp3) is 0.364. The molecule has 0 N–H and O–H groups in total. The van der Waals surface area contributed by atoms with Crippen molar-refractivity contribution in [2.45, 2.75) is 36.9 Å². The Morgan fingerprint density at radius 2 is 1.18 bits per heavy atom. The van der Waals surface area contributed by atoms with Crippen molar-refractivity contribution in [1.29, 1.82) is 0 Å². The second kappa shape index (κ2) is 12.3. The van der Waals surface area contributed by atoms with Gasteiger partial charge in [0, 0.05) is 0 Å². The maximum Gasteiger partial charge on any atom is 1.00 e. The Kier molecular flexibility index (Phi) is 10.1. The van der Waals surface area contributed by atoms with Crippen LogP contribution in [0.25, 0.3) is 0 Å². The van der Waals surface area contributed by atoms with Gasteiger partial charge < -0.3 is 14.0 Å². The molecule has 34 heavy (non-hydrogen) atoms. The first-order valence-corrected chi connectivity index (χ1v) is 11.5. The van der Waals surface area contributed by atoms with Gasteiger partial charge in [-0.3, -0.25) is 0 Å². The molecule has 0 saturated carbocycles. The molecule has 0 fully saturated rings. The molecular weight excluding hydrogens is 525 g/mol. The van der Waals surface area contributed by atoms with Gasteiger partial charge in [0.25, 0.3) is 0 Å². The van der Waals surface area contributed by atoms with E-state index in [1.165, 1.54) is 11.1 Å². The van der Waals surface area contributed by atoms with Crippen molar-refractivity contribution in [2.24, 2.45) is 9.98 Å². The third kappa shape index (κ3) is 8.75. The maximum atomic E-state index is 10.7. The molecule has 2 atom stereocenters. The van der Waals surface area contributed by atoms with Crippen LogP contribution in [0.3, 0.4) is 0 Å². The Labute approximate surface area is 206 Å². The zero-order valence-electron chi connectivity index (χ0n) is 17.7. The number of hydrogen-bond donors (Lipinski definition) is 0. The van der Waals surface area contributed by atoms with Crippen molar-refractivity contribution in [3.8, 4) is 0 Å². The van der Waals surface area contributed by atoms with Gasteiger partial charge in [-0.05, 0) is 24.0 Å². The third-order valence-electron chi connectivity index (χ3n) is 4.75. The van der Waals surface area contributed by atoms with Crippen molar-refractivity contribution in [3.05, 3.63) is 71.8 Å². The summed E-state index contributed by atoms with van der Waals surface area (Å²) in [5.41, 5.74) is -3.07. The van der Waals surface area contributed by atoms with E-state index in [1.54, 1.807) is 0 Å².